The minimum absolute atomic E-state index is 0.00630. The number of rotatable bonds is 7. The topological polar surface area (TPSA) is 65.5 Å². The largest absolute Gasteiger partial charge is 0.368 e. The van der Waals surface area contributed by atoms with Crippen molar-refractivity contribution in [3.8, 4) is 0 Å². The first kappa shape index (κ1) is 21.7. The molecule has 4 rings (SSSR count). The molecular formula is C21H22F2N4O2S2. The van der Waals surface area contributed by atoms with Crippen molar-refractivity contribution in [1.82, 2.24) is 9.88 Å². The SMILES string of the molecule is CN(c1cc(F)c(S(=O)(=O)Nc2cscn2)cc1F)C1CCN(Cc2ccccc2)C1. The van der Waals surface area contributed by atoms with Gasteiger partial charge in [0.2, 0.25) is 0 Å². The predicted molar refractivity (Wildman–Crippen MR) is 118 cm³/mol. The molecular weight excluding hydrogens is 442 g/mol. The van der Waals surface area contributed by atoms with Crippen molar-refractivity contribution in [3.05, 3.63) is 70.6 Å². The van der Waals surface area contributed by atoms with E-state index in [1.807, 2.05) is 18.2 Å². The first-order valence-electron chi connectivity index (χ1n) is 9.72. The van der Waals surface area contributed by atoms with Gasteiger partial charge in [-0.1, -0.05) is 30.3 Å². The zero-order valence-corrected chi connectivity index (χ0v) is 18.5. The van der Waals surface area contributed by atoms with Crippen molar-refractivity contribution >= 4 is 32.9 Å². The number of sulfonamides is 1. The zero-order valence-electron chi connectivity index (χ0n) is 16.8. The van der Waals surface area contributed by atoms with Gasteiger partial charge >= 0.3 is 0 Å². The van der Waals surface area contributed by atoms with Gasteiger partial charge in [0.15, 0.2) is 5.82 Å². The van der Waals surface area contributed by atoms with Crippen molar-refractivity contribution in [2.75, 3.05) is 29.8 Å². The summed E-state index contributed by atoms with van der Waals surface area (Å²) in [4.78, 5) is 7.02. The second-order valence-electron chi connectivity index (χ2n) is 7.49. The molecule has 1 saturated heterocycles. The van der Waals surface area contributed by atoms with Crippen LogP contribution < -0.4 is 9.62 Å². The summed E-state index contributed by atoms with van der Waals surface area (Å²) in [5.41, 5.74) is 2.68. The van der Waals surface area contributed by atoms with E-state index < -0.39 is 26.6 Å². The molecule has 31 heavy (non-hydrogen) atoms. The number of anilines is 2. The van der Waals surface area contributed by atoms with Crippen molar-refractivity contribution < 1.29 is 17.2 Å². The molecule has 1 unspecified atom stereocenters. The monoisotopic (exact) mass is 464 g/mol. The Morgan fingerprint density at radius 2 is 2.00 bits per heavy atom. The van der Waals surface area contributed by atoms with Gasteiger partial charge in [-0.2, -0.15) is 0 Å². The van der Waals surface area contributed by atoms with Crippen LogP contribution >= 0.6 is 11.3 Å². The highest BCUT2D eigenvalue weighted by Gasteiger charge is 2.29. The summed E-state index contributed by atoms with van der Waals surface area (Å²) in [5.74, 6) is -1.73. The number of benzene rings is 2. The molecule has 0 radical (unpaired) electrons. The van der Waals surface area contributed by atoms with Gasteiger partial charge in [-0.3, -0.25) is 9.62 Å². The summed E-state index contributed by atoms with van der Waals surface area (Å²) in [6.07, 6.45) is 0.801. The van der Waals surface area contributed by atoms with Gasteiger partial charge in [-0.25, -0.2) is 22.2 Å². The van der Waals surface area contributed by atoms with Crippen LogP contribution in [0.5, 0.6) is 0 Å². The van der Waals surface area contributed by atoms with Crippen molar-refractivity contribution in [3.63, 3.8) is 0 Å². The molecule has 3 aromatic rings. The lowest BCUT2D eigenvalue weighted by Crippen LogP contribution is -2.35. The van der Waals surface area contributed by atoms with Gasteiger partial charge in [0, 0.05) is 44.2 Å². The Morgan fingerprint density at radius 1 is 1.23 bits per heavy atom. The normalized spacial score (nSPS) is 17.1. The Kier molecular flexibility index (Phi) is 6.22. The molecule has 1 fully saturated rings. The Hall–Kier alpha value is -2.56. The molecule has 6 nitrogen and oxygen atoms in total. The summed E-state index contributed by atoms with van der Waals surface area (Å²) < 4.78 is 56.7. The Balaban J connectivity index is 1.49. The number of nitrogens with one attached hydrogen (secondary N) is 1. The van der Waals surface area contributed by atoms with Crippen LogP contribution in [0.25, 0.3) is 0 Å². The summed E-state index contributed by atoms with van der Waals surface area (Å²) in [5, 5.41) is 1.47. The quantitative estimate of drug-likeness (QED) is 0.574. The maximum atomic E-state index is 14.9. The number of nitrogens with zero attached hydrogens (tertiary/aromatic N) is 3. The highest BCUT2D eigenvalue weighted by atomic mass is 32.2. The second-order valence-corrected chi connectivity index (χ2v) is 9.86. The highest BCUT2D eigenvalue weighted by Crippen LogP contribution is 2.30. The minimum atomic E-state index is -4.29. The third-order valence-electron chi connectivity index (χ3n) is 5.39. The molecule has 0 spiro atoms. The standard InChI is InChI=1S/C21H22F2N4O2S2/c1-26(16-7-8-27(12-16)11-15-5-3-2-4-6-15)19-9-18(23)20(10-17(19)22)31(28,29)25-21-13-30-14-24-21/h2-6,9-10,13-14,16,25H,7-8,11-12H2,1H3. The van der Waals surface area contributed by atoms with E-state index >= 15 is 0 Å². The van der Waals surface area contributed by atoms with E-state index in [1.54, 1.807) is 11.9 Å². The lowest BCUT2D eigenvalue weighted by atomic mass is 10.2. The highest BCUT2D eigenvalue weighted by molar-refractivity contribution is 7.92. The van der Waals surface area contributed by atoms with Crippen molar-refractivity contribution in [1.29, 1.82) is 0 Å². The molecule has 0 aliphatic carbocycles. The fourth-order valence-electron chi connectivity index (χ4n) is 3.76. The van der Waals surface area contributed by atoms with Gasteiger partial charge in [0.1, 0.15) is 16.5 Å². The third kappa shape index (κ3) is 4.86. The molecule has 1 aliphatic heterocycles. The molecule has 1 aliphatic rings. The average Bonchev–Trinajstić information content (AvgIpc) is 3.41. The molecule has 2 heterocycles. The lowest BCUT2D eigenvalue weighted by molar-refractivity contribution is 0.325. The van der Waals surface area contributed by atoms with Crippen LogP contribution in [0.15, 0.2) is 58.3 Å². The summed E-state index contributed by atoms with van der Waals surface area (Å²) in [6.45, 7) is 2.34. The molecule has 0 amide bonds. The smallest absolute Gasteiger partial charge is 0.266 e. The maximum absolute atomic E-state index is 14.9. The van der Waals surface area contributed by atoms with E-state index in [2.05, 4.69) is 26.7 Å². The Bertz CT molecular complexity index is 1140. The van der Waals surface area contributed by atoms with E-state index in [-0.39, 0.29) is 17.5 Å². The van der Waals surface area contributed by atoms with Gasteiger partial charge in [0.25, 0.3) is 10.0 Å². The maximum Gasteiger partial charge on any atom is 0.266 e. The molecule has 164 valence electrons. The molecule has 1 atom stereocenters. The first-order chi connectivity index (χ1) is 14.8. The van der Waals surface area contributed by atoms with Gasteiger partial charge in [-0.15, -0.1) is 11.3 Å². The van der Waals surface area contributed by atoms with Crippen LogP contribution in [0, 0.1) is 11.6 Å². The van der Waals surface area contributed by atoms with Crippen molar-refractivity contribution in [2.24, 2.45) is 0 Å². The average molecular weight is 465 g/mol. The van der Waals surface area contributed by atoms with Crippen LogP contribution in [0.1, 0.15) is 12.0 Å². The van der Waals surface area contributed by atoms with E-state index in [9.17, 15) is 17.2 Å². The second kappa shape index (κ2) is 8.89. The van der Waals surface area contributed by atoms with Crippen LogP contribution in [0.3, 0.4) is 0 Å². The minimum Gasteiger partial charge on any atom is -0.368 e. The van der Waals surface area contributed by atoms with E-state index in [0.717, 1.165) is 31.6 Å². The zero-order chi connectivity index (χ0) is 22.0. The van der Waals surface area contributed by atoms with Crippen LogP contribution in [0.2, 0.25) is 0 Å². The number of likely N-dealkylation sites (N-methyl/N-ethyl adjacent to an activating group) is 1. The van der Waals surface area contributed by atoms with Gasteiger partial charge < -0.3 is 4.90 Å². The lowest BCUT2D eigenvalue weighted by Gasteiger charge is -2.28. The fraction of sp³-hybridized carbons (Fsp3) is 0.286. The summed E-state index contributed by atoms with van der Waals surface area (Å²) in [7, 11) is -2.58. The predicted octanol–water partition coefficient (Wildman–Crippen LogP) is 3.93. The van der Waals surface area contributed by atoms with Crippen LogP contribution in [-0.4, -0.2) is 44.5 Å². The number of thiazole rings is 1. The Labute approximate surface area is 184 Å². The molecule has 2 aromatic carbocycles. The molecule has 10 heteroatoms. The van der Waals surface area contributed by atoms with E-state index in [4.69, 9.17) is 0 Å². The number of hydrogen-bond acceptors (Lipinski definition) is 6. The first-order valence-corrected chi connectivity index (χ1v) is 12.2. The molecule has 0 bridgehead atoms. The van der Waals surface area contributed by atoms with Crippen molar-refractivity contribution in [2.45, 2.75) is 23.9 Å². The van der Waals surface area contributed by atoms with Gasteiger partial charge in [-0.05, 0) is 18.1 Å². The Morgan fingerprint density at radius 3 is 2.71 bits per heavy atom. The number of likely N-dealkylation sites (tertiary alicyclic amines) is 1. The van der Waals surface area contributed by atoms with Gasteiger partial charge in [0.05, 0.1) is 11.2 Å². The molecule has 1 aromatic heterocycles. The van der Waals surface area contributed by atoms with E-state index in [1.165, 1.54) is 27.8 Å². The molecule has 1 N–H and O–H groups in total. The summed E-state index contributed by atoms with van der Waals surface area (Å²) in [6, 6.07) is 11.7. The number of hydrogen-bond donors (Lipinski definition) is 1. The number of aromatic nitrogens is 1. The van der Waals surface area contributed by atoms with Crippen LogP contribution in [0.4, 0.5) is 20.3 Å². The van der Waals surface area contributed by atoms with E-state index in [0.29, 0.717) is 6.54 Å². The number of halogens is 2. The molecule has 0 saturated carbocycles. The fourth-order valence-corrected chi connectivity index (χ4v) is 5.39. The third-order valence-corrected chi connectivity index (χ3v) is 7.34. The van der Waals surface area contributed by atoms with Crippen LogP contribution in [-0.2, 0) is 16.6 Å². The summed E-state index contributed by atoms with van der Waals surface area (Å²) >= 11 is 1.19.